The molecule has 2 rings (SSSR count). The number of aliphatic hydroxyl groups is 1. The summed E-state index contributed by atoms with van der Waals surface area (Å²) in [5.74, 6) is 1.43. The molecule has 1 fully saturated rings. The number of methoxy groups -OCH3 is 1. The minimum Gasteiger partial charge on any atom is -0.390 e. The van der Waals surface area contributed by atoms with Crippen molar-refractivity contribution in [2.75, 3.05) is 31.7 Å². The molecule has 16 heavy (non-hydrogen) atoms. The maximum absolute atomic E-state index is 9.00. The molecule has 5 heteroatoms. The van der Waals surface area contributed by atoms with Crippen LogP contribution >= 0.6 is 0 Å². The van der Waals surface area contributed by atoms with Crippen molar-refractivity contribution in [2.24, 2.45) is 5.92 Å². The van der Waals surface area contributed by atoms with Crippen LogP contribution in [0.2, 0.25) is 0 Å². The smallest absolute Gasteiger partial charge is 0.147 e. The van der Waals surface area contributed by atoms with E-state index in [4.69, 9.17) is 9.84 Å². The standard InChI is InChI=1S/C11H17N3O2/c1-16-8-9-2-3-14(6-9)11-5-12-4-10(7-15)13-11/h4-5,9,15H,2-3,6-8H2,1H3. The summed E-state index contributed by atoms with van der Waals surface area (Å²) in [5, 5.41) is 9.00. The maximum Gasteiger partial charge on any atom is 0.147 e. The van der Waals surface area contributed by atoms with Crippen molar-refractivity contribution in [3.63, 3.8) is 0 Å². The number of rotatable bonds is 4. The van der Waals surface area contributed by atoms with Crippen molar-refractivity contribution in [3.05, 3.63) is 18.1 Å². The molecule has 1 N–H and O–H groups in total. The Morgan fingerprint density at radius 2 is 2.44 bits per heavy atom. The minimum absolute atomic E-state index is 0.0593. The van der Waals surface area contributed by atoms with Crippen LogP contribution in [0.3, 0.4) is 0 Å². The van der Waals surface area contributed by atoms with Gasteiger partial charge in [-0.1, -0.05) is 0 Å². The zero-order chi connectivity index (χ0) is 11.4. The predicted octanol–water partition coefficient (Wildman–Crippen LogP) is 0.442. The molecule has 1 atom stereocenters. The van der Waals surface area contributed by atoms with Gasteiger partial charge >= 0.3 is 0 Å². The molecule has 1 aromatic rings. The van der Waals surface area contributed by atoms with E-state index in [0.29, 0.717) is 11.6 Å². The summed E-state index contributed by atoms with van der Waals surface area (Å²) < 4.78 is 5.15. The first kappa shape index (κ1) is 11.3. The highest BCUT2D eigenvalue weighted by molar-refractivity contribution is 5.37. The molecule has 0 bridgehead atoms. The lowest BCUT2D eigenvalue weighted by Crippen LogP contribution is -2.22. The lowest BCUT2D eigenvalue weighted by molar-refractivity contribution is 0.161. The lowest BCUT2D eigenvalue weighted by Gasteiger charge is -2.17. The van der Waals surface area contributed by atoms with E-state index in [1.165, 1.54) is 0 Å². The fourth-order valence-corrected chi connectivity index (χ4v) is 2.04. The molecule has 1 aromatic heterocycles. The van der Waals surface area contributed by atoms with Gasteiger partial charge in [0.25, 0.3) is 0 Å². The Morgan fingerprint density at radius 1 is 1.56 bits per heavy atom. The van der Waals surface area contributed by atoms with E-state index in [9.17, 15) is 0 Å². The topological polar surface area (TPSA) is 58.5 Å². The van der Waals surface area contributed by atoms with E-state index in [2.05, 4.69) is 14.9 Å². The third-order valence-electron chi connectivity index (χ3n) is 2.85. The Hall–Kier alpha value is -1.20. The van der Waals surface area contributed by atoms with Crippen molar-refractivity contribution in [2.45, 2.75) is 13.0 Å². The zero-order valence-corrected chi connectivity index (χ0v) is 9.46. The largest absolute Gasteiger partial charge is 0.390 e. The van der Waals surface area contributed by atoms with Crippen molar-refractivity contribution in [1.29, 1.82) is 0 Å². The van der Waals surface area contributed by atoms with E-state index < -0.39 is 0 Å². The number of nitrogens with zero attached hydrogens (tertiary/aromatic N) is 3. The molecule has 1 aliphatic rings. The molecule has 1 aliphatic heterocycles. The summed E-state index contributed by atoms with van der Waals surface area (Å²) in [6.07, 6.45) is 4.46. The SMILES string of the molecule is COCC1CCN(c2cncc(CO)n2)C1. The second-order valence-corrected chi connectivity index (χ2v) is 4.08. The second kappa shape index (κ2) is 5.23. The molecule has 5 nitrogen and oxygen atoms in total. The summed E-state index contributed by atoms with van der Waals surface area (Å²) in [7, 11) is 1.73. The molecular formula is C11H17N3O2. The van der Waals surface area contributed by atoms with Gasteiger partial charge in [0.2, 0.25) is 0 Å². The number of hydrogen-bond donors (Lipinski definition) is 1. The Labute approximate surface area is 95.1 Å². The molecular weight excluding hydrogens is 206 g/mol. The van der Waals surface area contributed by atoms with Crippen molar-refractivity contribution < 1.29 is 9.84 Å². The molecule has 0 radical (unpaired) electrons. The quantitative estimate of drug-likeness (QED) is 0.802. The molecule has 0 saturated carbocycles. The molecule has 2 heterocycles. The third-order valence-corrected chi connectivity index (χ3v) is 2.85. The summed E-state index contributed by atoms with van der Waals surface area (Å²) in [6.45, 7) is 2.68. The van der Waals surface area contributed by atoms with E-state index in [-0.39, 0.29) is 6.61 Å². The highest BCUT2D eigenvalue weighted by Crippen LogP contribution is 2.21. The van der Waals surface area contributed by atoms with Gasteiger partial charge in [0.15, 0.2) is 0 Å². The molecule has 0 aromatic carbocycles. The summed E-state index contributed by atoms with van der Waals surface area (Å²) in [5.41, 5.74) is 0.618. The van der Waals surface area contributed by atoms with Crippen molar-refractivity contribution in [1.82, 2.24) is 9.97 Å². The fraction of sp³-hybridized carbons (Fsp3) is 0.636. The van der Waals surface area contributed by atoms with Gasteiger partial charge in [-0.05, 0) is 6.42 Å². The van der Waals surface area contributed by atoms with Crippen LogP contribution in [0, 0.1) is 5.92 Å². The van der Waals surface area contributed by atoms with E-state index in [0.717, 1.165) is 31.9 Å². The van der Waals surface area contributed by atoms with Crippen LogP contribution in [0.25, 0.3) is 0 Å². The van der Waals surface area contributed by atoms with Gasteiger partial charge in [-0.3, -0.25) is 4.98 Å². The first-order valence-corrected chi connectivity index (χ1v) is 5.49. The van der Waals surface area contributed by atoms with Crippen LogP contribution in [0.15, 0.2) is 12.4 Å². The maximum atomic E-state index is 9.00. The first-order chi connectivity index (χ1) is 7.83. The molecule has 1 unspecified atom stereocenters. The van der Waals surface area contributed by atoms with Gasteiger partial charge in [0, 0.05) is 26.1 Å². The number of aliphatic hydroxyl groups excluding tert-OH is 1. The lowest BCUT2D eigenvalue weighted by atomic mass is 10.1. The predicted molar refractivity (Wildman–Crippen MR) is 60.2 cm³/mol. The van der Waals surface area contributed by atoms with Gasteiger partial charge < -0.3 is 14.7 Å². The highest BCUT2D eigenvalue weighted by Gasteiger charge is 2.23. The second-order valence-electron chi connectivity index (χ2n) is 4.08. The normalized spacial score (nSPS) is 20.4. The van der Waals surface area contributed by atoms with Gasteiger partial charge in [0.05, 0.1) is 31.3 Å². The Bertz CT molecular complexity index is 346. The van der Waals surface area contributed by atoms with Gasteiger partial charge in [-0.15, -0.1) is 0 Å². The number of ether oxygens (including phenoxy) is 1. The average molecular weight is 223 g/mol. The third kappa shape index (κ3) is 2.48. The van der Waals surface area contributed by atoms with Crippen LogP contribution < -0.4 is 4.90 Å². The van der Waals surface area contributed by atoms with Crippen molar-refractivity contribution >= 4 is 5.82 Å². The Kier molecular flexibility index (Phi) is 3.69. The zero-order valence-electron chi connectivity index (χ0n) is 9.46. The molecule has 0 aliphatic carbocycles. The van der Waals surface area contributed by atoms with Gasteiger partial charge in [-0.25, -0.2) is 4.98 Å². The molecule has 1 saturated heterocycles. The summed E-state index contributed by atoms with van der Waals surface area (Å²) in [6, 6.07) is 0. The van der Waals surface area contributed by atoms with E-state index in [1.54, 1.807) is 19.5 Å². The minimum atomic E-state index is -0.0593. The highest BCUT2D eigenvalue weighted by atomic mass is 16.5. The number of aromatic nitrogens is 2. The Morgan fingerprint density at radius 3 is 3.19 bits per heavy atom. The Balaban J connectivity index is 2.02. The monoisotopic (exact) mass is 223 g/mol. The van der Waals surface area contributed by atoms with Gasteiger partial charge in [-0.2, -0.15) is 0 Å². The fourth-order valence-electron chi connectivity index (χ4n) is 2.04. The molecule has 88 valence electrons. The number of hydrogen-bond acceptors (Lipinski definition) is 5. The molecule has 0 amide bonds. The summed E-state index contributed by atoms with van der Waals surface area (Å²) in [4.78, 5) is 10.6. The average Bonchev–Trinajstić information content (AvgIpc) is 2.78. The van der Waals surface area contributed by atoms with Crippen LogP contribution in [0.1, 0.15) is 12.1 Å². The number of anilines is 1. The summed E-state index contributed by atoms with van der Waals surface area (Å²) >= 11 is 0. The van der Waals surface area contributed by atoms with Crippen LogP contribution in [0.5, 0.6) is 0 Å². The van der Waals surface area contributed by atoms with Crippen molar-refractivity contribution in [3.8, 4) is 0 Å². The first-order valence-electron chi connectivity index (χ1n) is 5.49. The van der Waals surface area contributed by atoms with Gasteiger partial charge in [0.1, 0.15) is 5.82 Å². The van der Waals surface area contributed by atoms with Crippen LogP contribution in [0.4, 0.5) is 5.82 Å². The van der Waals surface area contributed by atoms with Crippen LogP contribution in [-0.2, 0) is 11.3 Å². The van der Waals surface area contributed by atoms with E-state index >= 15 is 0 Å². The van der Waals surface area contributed by atoms with Crippen LogP contribution in [-0.4, -0.2) is 41.9 Å². The molecule has 0 spiro atoms. The van der Waals surface area contributed by atoms with E-state index in [1.807, 2.05) is 0 Å².